The van der Waals surface area contributed by atoms with Crippen LogP contribution in [0, 0.1) is 0 Å². The van der Waals surface area contributed by atoms with E-state index in [2.05, 4.69) is 42.0 Å². The highest BCUT2D eigenvalue weighted by Crippen LogP contribution is 2.31. The summed E-state index contributed by atoms with van der Waals surface area (Å²) in [6.45, 7) is 5.76. The van der Waals surface area contributed by atoms with Gasteiger partial charge in [-0.1, -0.05) is 29.2 Å². The minimum atomic E-state index is -1.85. The van der Waals surface area contributed by atoms with E-state index in [4.69, 9.17) is 4.74 Å². The number of carbonyl (C=O) groups excluding carboxylic acids is 1. The molecule has 1 aliphatic rings. The third-order valence-corrected chi connectivity index (χ3v) is 6.80. The maximum Gasteiger partial charge on any atom is 0.410 e. The zero-order valence-corrected chi connectivity index (χ0v) is 21.7. The van der Waals surface area contributed by atoms with Gasteiger partial charge in [0.25, 0.3) is 0 Å². The molecular weight excluding hydrogens is 492 g/mol. The second-order valence-electron chi connectivity index (χ2n) is 8.62. The number of rotatable bonds is 9. The number of hydrogen-bond acceptors (Lipinski definition) is 10. The minimum Gasteiger partial charge on any atom is -0.450 e. The lowest BCUT2D eigenvalue weighted by Crippen LogP contribution is -2.21. The van der Waals surface area contributed by atoms with Gasteiger partial charge < -0.3 is 29.6 Å². The van der Waals surface area contributed by atoms with Crippen molar-refractivity contribution in [3.8, 4) is 11.1 Å². The molecule has 2 aromatic carbocycles. The molecule has 0 unspecified atom stereocenters. The van der Waals surface area contributed by atoms with Gasteiger partial charge in [0.15, 0.2) is 0 Å². The Morgan fingerprint density at radius 1 is 1.22 bits per heavy atom. The van der Waals surface area contributed by atoms with Crippen LogP contribution in [0.1, 0.15) is 26.7 Å². The summed E-state index contributed by atoms with van der Waals surface area (Å²) in [5.74, 6) is 0.959. The third-order valence-electron chi connectivity index (χ3n) is 5.81. The third kappa shape index (κ3) is 6.95. The van der Waals surface area contributed by atoms with Gasteiger partial charge in [-0.15, -0.1) is 10.6 Å². The lowest BCUT2D eigenvalue weighted by molar-refractivity contribution is 0.164. The second kappa shape index (κ2) is 12.5. The highest BCUT2D eigenvalue weighted by molar-refractivity contribution is 7.75. The van der Waals surface area contributed by atoms with Gasteiger partial charge in [0.1, 0.15) is 5.82 Å². The zero-order chi connectivity index (χ0) is 26.2. The molecule has 4 rings (SSSR count). The number of benzene rings is 2. The number of anilines is 4. The van der Waals surface area contributed by atoms with E-state index in [1.807, 2.05) is 19.1 Å². The summed E-state index contributed by atoms with van der Waals surface area (Å²) in [7, 11) is -1.85. The van der Waals surface area contributed by atoms with E-state index >= 15 is 0 Å². The molecule has 2 heterocycles. The number of hydrogen-bond donors (Lipinski definition) is 3. The fourth-order valence-corrected chi connectivity index (χ4v) is 4.60. The molecule has 11 heteroatoms. The lowest BCUT2D eigenvalue weighted by Gasteiger charge is -2.20. The monoisotopic (exact) mass is 523 g/mol. The molecule has 3 aromatic rings. The van der Waals surface area contributed by atoms with Crippen molar-refractivity contribution in [1.29, 1.82) is 0 Å². The number of aliphatic hydroxyl groups excluding tert-OH is 1. The van der Waals surface area contributed by atoms with E-state index in [1.165, 1.54) is 18.5 Å². The van der Waals surface area contributed by atoms with Crippen molar-refractivity contribution in [2.45, 2.75) is 37.6 Å². The predicted octanol–water partition coefficient (Wildman–Crippen LogP) is 4.94. The zero-order valence-electron chi connectivity index (χ0n) is 20.9. The quantitative estimate of drug-likeness (QED) is 0.334. The Morgan fingerprint density at radius 2 is 1.97 bits per heavy atom. The summed E-state index contributed by atoms with van der Waals surface area (Å²) in [4.78, 5) is 23.4. The lowest BCUT2D eigenvalue weighted by atomic mass is 10.1. The first-order valence-corrected chi connectivity index (χ1v) is 13.3. The molecular formula is C26H31N6O4S-. The van der Waals surface area contributed by atoms with Gasteiger partial charge in [-0.2, -0.15) is 4.98 Å². The van der Waals surface area contributed by atoms with Crippen LogP contribution in [0.25, 0.3) is 11.1 Å². The fraction of sp³-hybridized carbons (Fsp3) is 0.346. The predicted molar refractivity (Wildman–Crippen MR) is 145 cm³/mol. The first kappa shape index (κ1) is 26.4. The molecule has 1 amide bonds. The van der Waals surface area contributed by atoms with Crippen LogP contribution in [0.5, 0.6) is 0 Å². The molecule has 0 saturated carbocycles. The van der Waals surface area contributed by atoms with Crippen LogP contribution in [-0.4, -0.2) is 53.5 Å². The van der Waals surface area contributed by atoms with E-state index in [1.54, 1.807) is 37.4 Å². The Bertz CT molecular complexity index is 1300. The van der Waals surface area contributed by atoms with Crippen molar-refractivity contribution in [1.82, 2.24) is 9.97 Å². The maximum absolute atomic E-state index is 12.2. The smallest absolute Gasteiger partial charge is 0.410 e. The molecule has 1 saturated heterocycles. The summed E-state index contributed by atoms with van der Waals surface area (Å²) < 4.78 is 20.4. The van der Waals surface area contributed by atoms with Gasteiger partial charge in [-0.25, -0.2) is 9.78 Å². The molecule has 0 radical (unpaired) electrons. The Morgan fingerprint density at radius 3 is 2.68 bits per heavy atom. The van der Waals surface area contributed by atoms with Gasteiger partial charge in [0.05, 0.1) is 13.2 Å². The number of nitrogens with one attached hydrogen (secondary N) is 2. The Hall–Kier alpha value is -3.70. The van der Waals surface area contributed by atoms with Gasteiger partial charge in [-0.3, -0.25) is 4.36 Å². The summed E-state index contributed by atoms with van der Waals surface area (Å²) in [5.41, 5.74) is 3.66. The van der Waals surface area contributed by atoms with Crippen molar-refractivity contribution >= 4 is 39.8 Å². The molecule has 1 fully saturated rings. The largest absolute Gasteiger partial charge is 0.450 e. The van der Waals surface area contributed by atoms with Crippen LogP contribution >= 0.6 is 0 Å². The normalized spacial score (nSPS) is 14.8. The Balaban J connectivity index is 1.57. The summed E-state index contributed by atoms with van der Waals surface area (Å²) >= 11 is 0. The molecule has 37 heavy (non-hydrogen) atoms. The van der Waals surface area contributed by atoms with Crippen LogP contribution < -0.4 is 15.5 Å². The molecule has 1 aliphatic heterocycles. The number of ether oxygens (including phenoxy) is 1. The van der Waals surface area contributed by atoms with Crippen LogP contribution in [0.3, 0.4) is 0 Å². The summed E-state index contributed by atoms with van der Waals surface area (Å²) in [5, 5.41) is 16.0. The average Bonchev–Trinajstić information content (AvgIpc) is 3.45. The van der Waals surface area contributed by atoms with Crippen molar-refractivity contribution in [2.24, 2.45) is 4.36 Å². The molecule has 1 aromatic heterocycles. The minimum absolute atomic E-state index is 0.0462. The summed E-state index contributed by atoms with van der Waals surface area (Å²) in [6.07, 6.45) is 3.29. The molecule has 196 valence electrons. The van der Waals surface area contributed by atoms with Crippen LogP contribution in [-0.2, 0) is 19.5 Å². The number of amides is 1. The van der Waals surface area contributed by atoms with Gasteiger partial charge in [0, 0.05) is 42.3 Å². The molecule has 0 aliphatic carbocycles. The van der Waals surface area contributed by atoms with Crippen LogP contribution in [0.4, 0.5) is 27.9 Å². The van der Waals surface area contributed by atoms with E-state index < -0.39 is 16.7 Å². The second-order valence-corrected chi connectivity index (χ2v) is 9.77. The topological polar surface area (TPSA) is 129 Å². The molecule has 10 nitrogen and oxygen atoms in total. The van der Waals surface area contributed by atoms with E-state index in [-0.39, 0.29) is 19.3 Å². The summed E-state index contributed by atoms with van der Waals surface area (Å²) in [6, 6.07) is 14.7. The standard InChI is InChI=1S/C26H31N6O4S/c1-3-36-26(34)31-37(35)22-11-9-20(10-12-22)29-25-27-16-23(24(30-25)28-18(2)17-33)19-7-6-8-21(15-19)32-13-4-5-14-32/h6-12,15-16,18,33H,3-5,13-14,17H2,1-2H3,(H2,27,28,29,30)/q-1/t18-/m1/s1. The molecule has 3 N–H and O–H groups in total. The van der Waals surface area contributed by atoms with Crippen LogP contribution in [0.15, 0.2) is 64.0 Å². The number of aliphatic hydroxyl groups is 1. The first-order chi connectivity index (χ1) is 18.0. The Kier molecular flexibility index (Phi) is 8.91. The van der Waals surface area contributed by atoms with Crippen molar-refractivity contribution in [2.75, 3.05) is 41.8 Å². The number of carbonyl (C=O) groups is 1. The van der Waals surface area contributed by atoms with E-state index in [0.717, 1.165) is 24.2 Å². The molecule has 0 spiro atoms. The van der Waals surface area contributed by atoms with Crippen LogP contribution in [0.2, 0.25) is 0 Å². The van der Waals surface area contributed by atoms with Gasteiger partial charge in [-0.05, 0) is 56.5 Å². The van der Waals surface area contributed by atoms with E-state index in [0.29, 0.717) is 22.3 Å². The highest BCUT2D eigenvalue weighted by atomic mass is 32.2. The van der Waals surface area contributed by atoms with Crippen molar-refractivity contribution in [3.63, 3.8) is 0 Å². The van der Waals surface area contributed by atoms with E-state index in [9.17, 15) is 14.1 Å². The SMILES string of the molecule is CCOC(=O)N=[S-](=O)c1ccc(Nc2ncc(-c3cccc(N4CCCC4)c3)c(N[C@H](C)CO)n2)cc1. The van der Waals surface area contributed by atoms with Crippen molar-refractivity contribution in [3.05, 3.63) is 54.7 Å². The van der Waals surface area contributed by atoms with Gasteiger partial charge in [0.2, 0.25) is 5.95 Å². The molecule has 1 atom stereocenters. The maximum atomic E-state index is 12.2. The Labute approximate surface area is 218 Å². The van der Waals surface area contributed by atoms with Crippen molar-refractivity contribution < 1.29 is 18.8 Å². The highest BCUT2D eigenvalue weighted by Gasteiger charge is 2.16. The van der Waals surface area contributed by atoms with Gasteiger partial charge >= 0.3 is 6.09 Å². The fourth-order valence-electron chi connectivity index (χ4n) is 3.94. The average molecular weight is 524 g/mol. The number of nitrogens with zero attached hydrogens (tertiary/aromatic N) is 4. The first-order valence-electron chi connectivity index (χ1n) is 12.2. The number of aromatic nitrogens is 2. The molecule has 0 bridgehead atoms.